The zero-order valence-corrected chi connectivity index (χ0v) is 12.3. The lowest BCUT2D eigenvalue weighted by atomic mass is 10.2. The van der Waals surface area contributed by atoms with Crippen molar-refractivity contribution in [2.24, 2.45) is 0 Å². The minimum absolute atomic E-state index is 0.764. The summed E-state index contributed by atoms with van der Waals surface area (Å²) in [6.07, 6.45) is 3.73. The number of aromatic amines is 1. The summed E-state index contributed by atoms with van der Waals surface area (Å²) >= 11 is 6.21. The first-order chi connectivity index (χ1) is 9.74. The molecule has 0 bridgehead atoms. The van der Waals surface area contributed by atoms with Crippen molar-refractivity contribution in [3.8, 4) is 0 Å². The summed E-state index contributed by atoms with van der Waals surface area (Å²) < 4.78 is 0. The summed E-state index contributed by atoms with van der Waals surface area (Å²) in [5.41, 5.74) is 3.08. The van der Waals surface area contributed by atoms with Gasteiger partial charge in [-0.3, -0.25) is 15.0 Å². The molecule has 3 heterocycles. The van der Waals surface area contributed by atoms with Gasteiger partial charge in [-0.2, -0.15) is 5.10 Å². The van der Waals surface area contributed by atoms with Gasteiger partial charge in [-0.05, 0) is 19.1 Å². The van der Waals surface area contributed by atoms with Gasteiger partial charge < -0.3 is 4.90 Å². The molecule has 5 nitrogen and oxygen atoms in total. The minimum atomic E-state index is 0.764. The van der Waals surface area contributed by atoms with Crippen molar-refractivity contribution < 1.29 is 0 Å². The van der Waals surface area contributed by atoms with E-state index >= 15 is 0 Å². The zero-order chi connectivity index (χ0) is 13.9. The van der Waals surface area contributed by atoms with E-state index in [2.05, 4.69) is 31.0 Å². The molecule has 1 N–H and O–H groups in total. The van der Waals surface area contributed by atoms with E-state index in [9.17, 15) is 0 Å². The van der Waals surface area contributed by atoms with Gasteiger partial charge in [-0.15, -0.1) is 0 Å². The van der Waals surface area contributed by atoms with Crippen LogP contribution in [0, 0.1) is 6.92 Å². The van der Waals surface area contributed by atoms with Crippen molar-refractivity contribution in [3.05, 3.63) is 40.9 Å². The monoisotopic (exact) mass is 291 g/mol. The van der Waals surface area contributed by atoms with Crippen LogP contribution in [0.1, 0.15) is 11.4 Å². The number of piperazine rings is 1. The lowest BCUT2D eigenvalue weighted by molar-refractivity contribution is 0.247. The third kappa shape index (κ3) is 2.78. The fraction of sp³-hybridized carbons (Fsp3) is 0.429. The quantitative estimate of drug-likeness (QED) is 0.941. The molecule has 0 aliphatic carbocycles. The highest BCUT2D eigenvalue weighted by Crippen LogP contribution is 2.20. The summed E-state index contributed by atoms with van der Waals surface area (Å²) in [6.45, 7) is 6.79. The third-order valence-electron chi connectivity index (χ3n) is 3.70. The highest BCUT2D eigenvalue weighted by Gasteiger charge is 2.19. The number of aryl methyl sites for hydroxylation is 1. The van der Waals surface area contributed by atoms with Gasteiger partial charge in [0.15, 0.2) is 0 Å². The molecule has 0 spiro atoms. The number of hydrogen-bond acceptors (Lipinski definition) is 4. The van der Waals surface area contributed by atoms with Crippen LogP contribution in [0.25, 0.3) is 0 Å². The van der Waals surface area contributed by atoms with Crippen molar-refractivity contribution in [2.45, 2.75) is 13.5 Å². The summed E-state index contributed by atoms with van der Waals surface area (Å²) in [7, 11) is 0. The van der Waals surface area contributed by atoms with E-state index in [-0.39, 0.29) is 0 Å². The maximum absolute atomic E-state index is 6.21. The molecule has 3 rings (SSSR count). The number of rotatable bonds is 3. The zero-order valence-electron chi connectivity index (χ0n) is 11.5. The Balaban J connectivity index is 1.58. The average Bonchev–Trinajstić information content (AvgIpc) is 2.81. The van der Waals surface area contributed by atoms with E-state index in [0.717, 1.165) is 49.1 Å². The molecule has 1 aliphatic heterocycles. The Morgan fingerprint density at radius 3 is 2.70 bits per heavy atom. The van der Waals surface area contributed by atoms with Gasteiger partial charge in [0, 0.05) is 38.9 Å². The molecule has 0 aromatic carbocycles. The van der Waals surface area contributed by atoms with Crippen LogP contribution in [0.2, 0.25) is 5.02 Å². The Hall–Kier alpha value is -1.59. The maximum Gasteiger partial charge on any atom is 0.0951 e. The SMILES string of the molecule is Cc1[nH]nc(CN2CCN(c3cccnc3)CC2)c1Cl. The van der Waals surface area contributed by atoms with E-state index < -0.39 is 0 Å². The topological polar surface area (TPSA) is 48.1 Å². The van der Waals surface area contributed by atoms with Crippen molar-refractivity contribution in [2.75, 3.05) is 31.1 Å². The van der Waals surface area contributed by atoms with Gasteiger partial charge in [-0.1, -0.05) is 11.6 Å². The van der Waals surface area contributed by atoms with Crippen LogP contribution in [-0.2, 0) is 6.54 Å². The Bertz CT molecular complexity index is 560. The summed E-state index contributed by atoms with van der Waals surface area (Å²) in [5.74, 6) is 0. The number of nitrogens with zero attached hydrogens (tertiary/aromatic N) is 4. The van der Waals surface area contributed by atoms with Gasteiger partial charge >= 0.3 is 0 Å². The summed E-state index contributed by atoms with van der Waals surface area (Å²) in [6, 6.07) is 4.09. The lowest BCUT2D eigenvalue weighted by Gasteiger charge is -2.35. The van der Waals surface area contributed by atoms with Gasteiger partial charge in [-0.25, -0.2) is 0 Å². The molecule has 1 fully saturated rings. The standard InChI is InChI=1S/C14H18ClN5/c1-11-14(15)13(18-17-11)10-19-5-7-20(8-6-19)12-3-2-4-16-9-12/h2-4,9H,5-8,10H2,1H3,(H,17,18). The molecule has 0 unspecified atom stereocenters. The summed E-state index contributed by atoms with van der Waals surface area (Å²) in [4.78, 5) is 8.92. The molecule has 106 valence electrons. The second-order valence-corrected chi connectivity index (χ2v) is 5.46. The largest absolute Gasteiger partial charge is 0.368 e. The predicted octanol–water partition coefficient (Wildman–Crippen LogP) is 2.09. The van der Waals surface area contributed by atoms with Crippen molar-refractivity contribution >= 4 is 17.3 Å². The fourth-order valence-corrected chi connectivity index (χ4v) is 2.63. The third-order valence-corrected chi connectivity index (χ3v) is 4.20. The number of halogens is 1. The van der Waals surface area contributed by atoms with Gasteiger partial charge in [0.1, 0.15) is 0 Å². The predicted molar refractivity (Wildman–Crippen MR) is 80.1 cm³/mol. The summed E-state index contributed by atoms with van der Waals surface area (Å²) in [5, 5.41) is 7.96. The van der Waals surface area contributed by atoms with E-state index in [0.29, 0.717) is 0 Å². The fourth-order valence-electron chi connectivity index (χ4n) is 2.49. The molecule has 0 saturated carbocycles. The Kier molecular flexibility index (Phi) is 3.89. The van der Waals surface area contributed by atoms with Gasteiger partial charge in [0.25, 0.3) is 0 Å². The van der Waals surface area contributed by atoms with Crippen molar-refractivity contribution in [1.82, 2.24) is 20.1 Å². The van der Waals surface area contributed by atoms with Crippen LogP contribution in [0.5, 0.6) is 0 Å². The molecular weight excluding hydrogens is 274 g/mol. The van der Waals surface area contributed by atoms with Crippen LogP contribution < -0.4 is 4.90 Å². The van der Waals surface area contributed by atoms with Crippen LogP contribution in [-0.4, -0.2) is 46.3 Å². The second-order valence-electron chi connectivity index (χ2n) is 5.08. The first kappa shape index (κ1) is 13.4. The van der Waals surface area contributed by atoms with Gasteiger partial charge in [0.2, 0.25) is 0 Å². The molecule has 1 aliphatic rings. The molecule has 0 atom stereocenters. The lowest BCUT2D eigenvalue weighted by Crippen LogP contribution is -2.46. The Morgan fingerprint density at radius 2 is 2.10 bits per heavy atom. The first-order valence-corrected chi connectivity index (χ1v) is 7.18. The smallest absolute Gasteiger partial charge is 0.0951 e. The minimum Gasteiger partial charge on any atom is -0.368 e. The Labute approximate surface area is 123 Å². The van der Waals surface area contributed by atoms with E-state index in [1.165, 1.54) is 5.69 Å². The van der Waals surface area contributed by atoms with Crippen LogP contribution in [0.3, 0.4) is 0 Å². The van der Waals surface area contributed by atoms with Crippen molar-refractivity contribution in [1.29, 1.82) is 0 Å². The van der Waals surface area contributed by atoms with E-state index in [4.69, 9.17) is 11.6 Å². The number of pyridine rings is 1. The molecule has 0 radical (unpaired) electrons. The van der Waals surface area contributed by atoms with E-state index in [1.807, 2.05) is 25.4 Å². The first-order valence-electron chi connectivity index (χ1n) is 6.80. The highest BCUT2D eigenvalue weighted by atomic mass is 35.5. The maximum atomic E-state index is 6.21. The normalized spacial score (nSPS) is 16.6. The van der Waals surface area contributed by atoms with E-state index in [1.54, 1.807) is 0 Å². The highest BCUT2D eigenvalue weighted by molar-refractivity contribution is 6.31. The Morgan fingerprint density at radius 1 is 1.30 bits per heavy atom. The van der Waals surface area contributed by atoms with Gasteiger partial charge in [0.05, 0.1) is 28.3 Å². The molecule has 6 heteroatoms. The number of H-pyrrole nitrogens is 1. The molecule has 1 saturated heterocycles. The number of anilines is 1. The van der Waals surface area contributed by atoms with Crippen LogP contribution in [0.4, 0.5) is 5.69 Å². The molecular formula is C14H18ClN5. The number of nitrogens with one attached hydrogen (secondary N) is 1. The number of aromatic nitrogens is 3. The molecule has 20 heavy (non-hydrogen) atoms. The number of hydrogen-bond donors (Lipinski definition) is 1. The van der Waals surface area contributed by atoms with Crippen LogP contribution >= 0.6 is 11.6 Å². The average molecular weight is 292 g/mol. The second kappa shape index (κ2) is 5.81. The molecule has 2 aromatic rings. The molecule has 0 amide bonds. The molecule has 2 aromatic heterocycles. The van der Waals surface area contributed by atoms with Crippen molar-refractivity contribution in [3.63, 3.8) is 0 Å². The van der Waals surface area contributed by atoms with Crippen LogP contribution in [0.15, 0.2) is 24.5 Å².